The number of hydrogen-bond acceptors (Lipinski definition) is 3. The summed E-state index contributed by atoms with van der Waals surface area (Å²) in [7, 11) is -3.26. The maximum absolute atomic E-state index is 12.5. The van der Waals surface area contributed by atoms with Gasteiger partial charge in [-0.3, -0.25) is 4.79 Å². The summed E-state index contributed by atoms with van der Waals surface area (Å²) in [5.74, 6) is 0.375. The smallest absolute Gasteiger partial charge is 0.281 e. The number of amides is 1. The van der Waals surface area contributed by atoms with Crippen molar-refractivity contribution in [2.24, 2.45) is 5.92 Å². The van der Waals surface area contributed by atoms with Crippen molar-refractivity contribution < 1.29 is 13.2 Å². The molecule has 0 aromatic rings. The van der Waals surface area contributed by atoms with Gasteiger partial charge >= 0.3 is 0 Å². The molecule has 0 aliphatic carbocycles. The van der Waals surface area contributed by atoms with Gasteiger partial charge in [0.1, 0.15) is 0 Å². The number of carbonyl (C=O) groups is 1. The van der Waals surface area contributed by atoms with E-state index in [1.165, 1.54) is 6.92 Å². The third-order valence-electron chi connectivity index (χ3n) is 4.18. The van der Waals surface area contributed by atoms with Crippen LogP contribution in [0.1, 0.15) is 39.0 Å². The molecule has 0 aromatic heterocycles. The summed E-state index contributed by atoms with van der Waals surface area (Å²) < 4.78 is 28.2. The molecule has 2 heterocycles. The highest BCUT2D eigenvalue weighted by Crippen LogP contribution is 2.23. The molecular formula is C13H25N3O3S. The maximum Gasteiger partial charge on any atom is 0.281 e. The van der Waals surface area contributed by atoms with Crippen molar-refractivity contribution in [3.63, 3.8) is 0 Å². The van der Waals surface area contributed by atoms with Crippen LogP contribution in [0.15, 0.2) is 0 Å². The molecule has 0 spiro atoms. The van der Waals surface area contributed by atoms with E-state index in [0.717, 1.165) is 32.1 Å². The first-order valence-corrected chi connectivity index (χ1v) is 8.89. The predicted molar refractivity (Wildman–Crippen MR) is 77.3 cm³/mol. The van der Waals surface area contributed by atoms with Gasteiger partial charge in [0.05, 0.1) is 0 Å². The summed E-state index contributed by atoms with van der Waals surface area (Å²) in [6.45, 7) is 4.64. The minimum Gasteiger partial charge on any atom is -0.356 e. The molecule has 1 N–H and O–H groups in total. The van der Waals surface area contributed by atoms with Crippen LogP contribution in [0.2, 0.25) is 0 Å². The lowest BCUT2D eigenvalue weighted by Gasteiger charge is -2.36. The first-order chi connectivity index (χ1) is 9.50. The molecule has 0 unspecified atom stereocenters. The zero-order valence-electron chi connectivity index (χ0n) is 12.2. The monoisotopic (exact) mass is 303 g/mol. The summed E-state index contributed by atoms with van der Waals surface area (Å²) in [6.07, 6.45) is 4.72. The molecule has 116 valence electrons. The lowest BCUT2D eigenvalue weighted by molar-refractivity contribution is -0.119. The van der Waals surface area contributed by atoms with Gasteiger partial charge < -0.3 is 5.32 Å². The molecule has 0 aromatic carbocycles. The van der Waals surface area contributed by atoms with Crippen LogP contribution in [0.25, 0.3) is 0 Å². The Kier molecular flexibility index (Phi) is 5.40. The van der Waals surface area contributed by atoms with Crippen molar-refractivity contribution in [2.45, 2.75) is 39.0 Å². The van der Waals surface area contributed by atoms with Crippen molar-refractivity contribution in [2.75, 3.05) is 32.7 Å². The van der Waals surface area contributed by atoms with Crippen molar-refractivity contribution in [1.29, 1.82) is 0 Å². The van der Waals surface area contributed by atoms with Gasteiger partial charge in [-0.15, -0.1) is 0 Å². The second-order valence-corrected chi connectivity index (χ2v) is 7.68. The fourth-order valence-electron chi connectivity index (χ4n) is 2.89. The van der Waals surface area contributed by atoms with Crippen LogP contribution in [0.5, 0.6) is 0 Å². The minimum absolute atomic E-state index is 0.0200. The molecule has 2 aliphatic rings. The standard InChI is InChI=1S/C13H25N3O3S/c1-12(17)14-11-13-5-9-16(10-6-13)20(18,19)15-7-3-2-4-8-15/h13H,2-11H2,1H3,(H,14,17). The number of nitrogens with one attached hydrogen (secondary N) is 1. The highest BCUT2D eigenvalue weighted by atomic mass is 32.2. The Morgan fingerprint density at radius 1 is 1.05 bits per heavy atom. The lowest BCUT2D eigenvalue weighted by Crippen LogP contribution is -2.49. The number of hydrogen-bond donors (Lipinski definition) is 1. The molecule has 0 radical (unpaired) electrons. The number of piperidine rings is 2. The second kappa shape index (κ2) is 6.87. The van der Waals surface area contributed by atoms with Gasteiger partial charge in [0.25, 0.3) is 10.2 Å². The molecule has 2 fully saturated rings. The Hall–Kier alpha value is -0.660. The molecule has 0 bridgehead atoms. The summed E-state index contributed by atoms with van der Waals surface area (Å²) in [5, 5.41) is 2.81. The van der Waals surface area contributed by atoms with Gasteiger partial charge in [0, 0.05) is 39.6 Å². The van der Waals surface area contributed by atoms with Gasteiger partial charge in [0.2, 0.25) is 5.91 Å². The number of nitrogens with zero attached hydrogens (tertiary/aromatic N) is 2. The zero-order valence-corrected chi connectivity index (χ0v) is 13.0. The topological polar surface area (TPSA) is 69.7 Å². The zero-order chi connectivity index (χ0) is 14.6. The van der Waals surface area contributed by atoms with Crippen LogP contribution >= 0.6 is 0 Å². The summed E-state index contributed by atoms with van der Waals surface area (Å²) in [6, 6.07) is 0. The molecule has 0 atom stereocenters. The van der Waals surface area contributed by atoms with E-state index in [4.69, 9.17) is 0 Å². The summed E-state index contributed by atoms with van der Waals surface area (Å²) in [4.78, 5) is 10.9. The molecule has 1 amide bonds. The van der Waals surface area contributed by atoms with Crippen molar-refractivity contribution >= 4 is 16.1 Å². The Morgan fingerprint density at radius 3 is 2.15 bits per heavy atom. The van der Waals surface area contributed by atoms with Crippen molar-refractivity contribution in [3.05, 3.63) is 0 Å². The highest BCUT2D eigenvalue weighted by Gasteiger charge is 2.33. The van der Waals surface area contributed by atoms with Crippen LogP contribution in [-0.4, -0.2) is 55.7 Å². The van der Waals surface area contributed by atoms with E-state index in [1.807, 2.05) is 0 Å². The highest BCUT2D eigenvalue weighted by molar-refractivity contribution is 7.86. The van der Waals surface area contributed by atoms with Gasteiger partial charge in [-0.25, -0.2) is 0 Å². The number of rotatable bonds is 4. The van der Waals surface area contributed by atoms with Crippen LogP contribution in [0.3, 0.4) is 0 Å². The van der Waals surface area contributed by atoms with Gasteiger partial charge in [0.15, 0.2) is 0 Å². The average Bonchev–Trinajstić information content (AvgIpc) is 2.46. The normalized spacial score (nSPS) is 23.6. The quantitative estimate of drug-likeness (QED) is 0.825. The second-order valence-electron chi connectivity index (χ2n) is 5.75. The largest absolute Gasteiger partial charge is 0.356 e. The van der Waals surface area contributed by atoms with Gasteiger partial charge in [-0.1, -0.05) is 6.42 Å². The van der Waals surface area contributed by atoms with E-state index in [-0.39, 0.29) is 5.91 Å². The first-order valence-electron chi connectivity index (χ1n) is 7.50. The Labute approximate surface area is 121 Å². The van der Waals surface area contributed by atoms with Crippen LogP contribution in [0.4, 0.5) is 0 Å². The van der Waals surface area contributed by atoms with Crippen molar-refractivity contribution in [1.82, 2.24) is 13.9 Å². The van der Waals surface area contributed by atoms with Crippen molar-refractivity contribution in [3.8, 4) is 0 Å². The number of carbonyl (C=O) groups excluding carboxylic acids is 1. The maximum atomic E-state index is 12.5. The first kappa shape index (κ1) is 15.7. The molecule has 6 nitrogen and oxygen atoms in total. The fourth-order valence-corrected chi connectivity index (χ4v) is 4.61. The molecular weight excluding hydrogens is 278 g/mol. The van der Waals surface area contributed by atoms with E-state index >= 15 is 0 Å². The van der Waals surface area contributed by atoms with Gasteiger partial charge in [-0.05, 0) is 31.6 Å². The van der Waals surface area contributed by atoms with E-state index < -0.39 is 10.2 Å². The van der Waals surface area contributed by atoms with E-state index in [2.05, 4.69) is 5.32 Å². The predicted octanol–water partition coefficient (Wildman–Crippen LogP) is 0.565. The lowest BCUT2D eigenvalue weighted by atomic mass is 9.98. The molecule has 2 aliphatic heterocycles. The van der Waals surface area contributed by atoms with E-state index in [1.54, 1.807) is 8.61 Å². The molecule has 2 rings (SSSR count). The van der Waals surface area contributed by atoms with E-state index in [9.17, 15) is 13.2 Å². The molecule has 20 heavy (non-hydrogen) atoms. The SMILES string of the molecule is CC(=O)NCC1CCN(S(=O)(=O)N2CCCCC2)CC1. The average molecular weight is 303 g/mol. The van der Waals surface area contributed by atoms with Crippen LogP contribution in [0, 0.1) is 5.92 Å². The third-order valence-corrected chi connectivity index (χ3v) is 6.22. The molecule has 2 saturated heterocycles. The Morgan fingerprint density at radius 2 is 1.60 bits per heavy atom. The summed E-state index contributed by atoms with van der Waals surface area (Å²) in [5.41, 5.74) is 0. The summed E-state index contributed by atoms with van der Waals surface area (Å²) >= 11 is 0. The van der Waals surface area contributed by atoms with E-state index in [0.29, 0.717) is 38.6 Å². The Balaban J connectivity index is 1.84. The third kappa shape index (κ3) is 3.93. The minimum atomic E-state index is -3.26. The fraction of sp³-hybridized carbons (Fsp3) is 0.923. The van der Waals surface area contributed by atoms with Crippen LogP contribution in [-0.2, 0) is 15.0 Å². The van der Waals surface area contributed by atoms with Gasteiger partial charge in [-0.2, -0.15) is 17.0 Å². The Bertz CT molecular complexity index is 424. The molecule has 0 saturated carbocycles. The molecule has 7 heteroatoms. The van der Waals surface area contributed by atoms with Crippen LogP contribution < -0.4 is 5.32 Å².